The molecule has 3 heteroatoms. The van der Waals surface area contributed by atoms with Crippen molar-refractivity contribution in [2.24, 2.45) is 0 Å². The molecule has 0 heterocycles. The van der Waals surface area contributed by atoms with E-state index in [4.69, 9.17) is 0 Å². The van der Waals surface area contributed by atoms with Gasteiger partial charge in [0.15, 0.2) is 0 Å². The second-order valence-electron chi connectivity index (χ2n) is 9.14. The summed E-state index contributed by atoms with van der Waals surface area (Å²) in [4.78, 5) is 0. The average molecular weight is 533 g/mol. The zero-order valence-electron chi connectivity index (χ0n) is 19.6. The van der Waals surface area contributed by atoms with Gasteiger partial charge in [-0.05, 0) is 10.8 Å². The predicted molar refractivity (Wildman–Crippen MR) is 126 cm³/mol. The van der Waals surface area contributed by atoms with Crippen LogP contribution in [0, 0.1) is 0 Å². The van der Waals surface area contributed by atoms with Crippen LogP contribution in [0.2, 0.25) is 0 Å². The van der Waals surface area contributed by atoms with Gasteiger partial charge < -0.3 is 24.8 Å². The molecule has 4 aromatic rings. The van der Waals surface area contributed by atoms with Crippen LogP contribution in [0.15, 0.2) is 72.8 Å². The summed E-state index contributed by atoms with van der Waals surface area (Å²) in [6.45, 7) is 13.8. The maximum atomic E-state index is 2.31. The van der Waals surface area contributed by atoms with Crippen molar-refractivity contribution in [3.8, 4) is 0 Å². The molecule has 31 heavy (non-hydrogen) atoms. The zero-order chi connectivity index (χ0) is 20.4. The second-order valence-corrected chi connectivity index (χ2v) is 9.14. The monoisotopic (exact) mass is 530 g/mol. The molecule has 0 saturated heterocycles. The van der Waals surface area contributed by atoms with Crippen molar-refractivity contribution >= 4 is 21.5 Å². The van der Waals surface area contributed by atoms with Crippen LogP contribution in [0.4, 0.5) is 0 Å². The van der Waals surface area contributed by atoms with E-state index in [9.17, 15) is 0 Å². The summed E-state index contributed by atoms with van der Waals surface area (Å²) in [5.41, 5.74) is 3.55. The normalized spacial score (nSPS) is 11.0. The van der Waals surface area contributed by atoms with Crippen LogP contribution in [-0.2, 0) is 37.0 Å². The smallest absolute Gasteiger partial charge is 1.00 e. The van der Waals surface area contributed by atoms with Gasteiger partial charge in [0, 0.05) is 0 Å². The first-order valence-electron chi connectivity index (χ1n) is 10.6. The van der Waals surface area contributed by atoms with E-state index in [1.807, 2.05) is 0 Å². The van der Waals surface area contributed by atoms with E-state index in [1.165, 1.54) is 45.5 Å². The number of rotatable bonds is 4. The largest absolute Gasteiger partial charge is 4.00 e. The molecule has 0 atom stereocenters. The van der Waals surface area contributed by atoms with E-state index in [2.05, 4.69) is 114 Å². The maximum absolute atomic E-state index is 2.31. The average Bonchev–Trinajstić information content (AvgIpc) is 3.33. The van der Waals surface area contributed by atoms with Crippen LogP contribution in [0.25, 0.3) is 21.5 Å². The van der Waals surface area contributed by atoms with Gasteiger partial charge in [-0.1, -0.05) is 66.5 Å². The Balaban J connectivity index is 0.000000529. The molecule has 0 aromatic heterocycles. The summed E-state index contributed by atoms with van der Waals surface area (Å²) in [5, 5.41) is 5.56. The fourth-order valence-electron chi connectivity index (χ4n) is 3.86. The Kier molecular flexibility index (Phi) is 12.0. The Morgan fingerprint density at radius 3 is 1.23 bits per heavy atom. The maximum Gasteiger partial charge on any atom is 4.00 e. The van der Waals surface area contributed by atoms with Crippen LogP contribution >= 0.6 is 0 Å². The molecular formula is C28H34Cl2Zr. The van der Waals surface area contributed by atoms with Gasteiger partial charge in [0.1, 0.15) is 0 Å². The molecule has 0 unspecified atom stereocenters. The topological polar surface area (TPSA) is 0 Å². The molecule has 0 radical (unpaired) electrons. The molecule has 0 aliphatic carbocycles. The van der Waals surface area contributed by atoms with Crippen LogP contribution in [0.3, 0.4) is 0 Å². The molecule has 0 saturated carbocycles. The first-order chi connectivity index (χ1) is 13.3. The van der Waals surface area contributed by atoms with Gasteiger partial charge in [0.2, 0.25) is 0 Å². The molecule has 0 aliphatic heterocycles. The van der Waals surface area contributed by atoms with Crippen molar-refractivity contribution in [1.29, 1.82) is 0 Å². The number of hydrogen-bond acceptors (Lipinski definition) is 0. The van der Waals surface area contributed by atoms with Crippen molar-refractivity contribution in [3.63, 3.8) is 0 Å². The van der Waals surface area contributed by atoms with E-state index < -0.39 is 0 Å². The van der Waals surface area contributed by atoms with Crippen LogP contribution in [0.5, 0.6) is 0 Å². The van der Waals surface area contributed by atoms with E-state index >= 15 is 0 Å². The number of halogens is 2. The molecule has 0 spiro atoms. The van der Waals surface area contributed by atoms with Gasteiger partial charge in [0.25, 0.3) is 0 Å². The molecule has 0 amide bonds. The van der Waals surface area contributed by atoms with Crippen molar-refractivity contribution in [3.05, 3.63) is 83.9 Å². The van der Waals surface area contributed by atoms with E-state index in [1.54, 1.807) is 0 Å². The van der Waals surface area contributed by atoms with Gasteiger partial charge in [-0.3, -0.25) is 0 Å². The van der Waals surface area contributed by atoms with Crippen molar-refractivity contribution in [2.75, 3.05) is 0 Å². The second kappa shape index (κ2) is 12.4. The van der Waals surface area contributed by atoms with Gasteiger partial charge >= 0.3 is 26.2 Å². The minimum absolute atomic E-state index is 0. The summed E-state index contributed by atoms with van der Waals surface area (Å²) in [6.07, 6.45) is 2.36. The summed E-state index contributed by atoms with van der Waals surface area (Å²) in [5.74, 6) is 0. The van der Waals surface area contributed by atoms with Gasteiger partial charge in [0.05, 0.1) is 0 Å². The third kappa shape index (κ3) is 6.57. The predicted octanol–water partition coefficient (Wildman–Crippen LogP) is 2.50. The number of benzene rings is 2. The minimum atomic E-state index is 0. The first kappa shape index (κ1) is 30.1. The number of hydrogen-bond donors (Lipinski definition) is 0. The quantitative estimate of drug-likeness (QED) is 0.355. The van der Waals surface area contributed by atoms with Crippen LogP contribution in [-0.4, -0.2) is 0 Å². The van der Waals surface area contributed by atoms with Crippen molar-refractivity contribution in [2.45, 2.75) is 65.2 Å². The minimum Gasteiger partial charge on any atom is -1.00 e. The third-order valence-corrected chi connectivity index (χ3v) is 6.59. The first-order valence-corrected chi connectivity index (χ1v) is 10.6. The summed E-state index contributed by atoms with van der Waals surface area (Å²) in [7, 11) is 0. The Bertz CT molecular complexity index is 967. The SMILES string of the molecule is CCC(C)(C)[c-]1ccc2ccccc21.CCC(C)(C)[c-]1ccc2ccccc21.[Cl-].[Cl-].[Zr+4]. The fraction of sp³-hybridized carbons (Fsp3) is 0.357. The fourth-order valence-corrected chi connectivity index (χ4v) is 3.86. The molecule has 0 fully saturated rings. The molecule has 0 bridgehead atoms. The Morgan fingerprint density at radius 1 is 0.581 bits per heavy atom. The van der Waals surface area contributed by atoms with Gasteiger partial charge in [-0.15, -0.1) is 81.2 Å². The molecule has 164 valence electrons. The van der Waals surface area contributed by atoms with Crippen LogP contribution in [0.1, 0.15) is 65.5 Å². The number of fused-ring (bicyclic) bond motifs is 2. The Hall–Kier alpha value is -0.877. The van der Waals surface area contributed by atoms with E-state index in [-0.39, 0.29) is 51.0 Å². The molecule has 0 N–H and O–H groups in total. The van der Waals surface area contributed by atoms with Crippen LogP contribution < -0.4 is 24.8 Å². The van der Waals surface area contributed by atoms with Crippen molar-refractivity contribution < 1.29 is 51.0 Å². The molecule has 4 rings (SSSR count). The van der Waals surface area contributed by atoms with E-state index in [0.29, 0.717) is 10.8 Å². The molecule has 4 aromatic carbocycles. The third-order valence-electron chi connectivity index (χ3n) is 6.59. The zero-order valence-corrected chi connectivity index (χ0v) is 23.6. The van der Waals surface area contributed by atoms with Gasteiger partial charge in [-0.25, -0.2) is 0 Å². The van der Waals surface area contributed by atoms with E-state index in [0.717, 1.165) is 0 Å². The Morgan fingerprint density at radius 2 is 0.903 bits per heavy atom. The molecule has 0 aliphatic rings. The summed E-state index contributed by atoms with van der Waals surface area (Å²) < 4.78 is 0. The molecule has 0 nitrogen and oxygen atoms in total. The molecular weight excluding hydrogens is 498 g/mol. The standard InChI is InChI=1S/2C14H17.2ClH.Zr/c2*1-4-14(2,3)13-10-9-11-7-5-6-8-12(11)13;;;/h2*5-10H,4H2,1-3H3;2*1H;/q2*-1;;;+4/p-2. The van der Waals surface area contributed by atoms with Crippen molar-refractivity contribution in [1.82, 2.24) is 0 Å². The summed E-state index contributed by atoms with van der Waals surface area (Å²) >= 11 is 0. The van der Waals surface area contributed by atoms with Gasteiger partial charge in [-0.2, -0.15) is 12.1 Å². The summed E-state index contributed by atoms with van der Waals surface area (Å²) in [6, 6.07) is 26.3. The Labute approximate surface area is 220 Å².